The lowest BCUT2D eigenvalue weighted by atomic mass is 10.2. The Kier molecular flexibility index (Phi) is 5.04. The first-order valence-electron chi connectivity index (χ1n) is 4.47. The molecule has 1 unspecified atom stereocenters. The number of rotatable bonds is 4. The molecule has 0 saturated carbocycles. The van der Waals surface area contributed by atoms with Crippen LogP contribution >= 0.6 is 0 Å². The van der Waals surface area contributed by atoms with Crippen LogP contribution in [0.2, 0.25) is 19.6 Å². The van der Waals surface area contributed by atoms with Crippen LogP contribution in [0.1, 0.15) is 6.92 Å². The van der Waals surface area contributed by atoms with E-state index in [1.54, 1.807) is 6.92 Å². The summed E-state index contributed by atoms with van der Waals surface area (Å²) in [6.45, 7) is 6.88. The van der Waals surface area contributed by atoms with Gasteiger partial charge in [-0.1, -0.05) is 0 Å². The zero-order valence-corrected chi connectivity index (χ0v) is 10.1. The van der Waals surface area contributed by atoms with Crippen LogP contribution in [0.5, 0.6) is 0 Å². The molecule has 82 valence electrons. The van der Waals surface area contributed by atoms with Gasteiger partial charge in [0.2, 0.25) is 8.32 Å². The smallest absolute Gasteiger partial charge is 0.320 e. The molecule has 0 aromatic carbocycles. The van der Waals surface area contributed by atoms with E-state index < -0.39 is 27.0 Å². The summed E-state index contributed by atoms with van der Waals surface area (Å²) < 4.78 is 5.18. The van der Waals surface area contributed by atoms with Gasteiger partial charge in [-0.25, -0.2) is 4.79 Å². The lowest BCUT2D eigenvalue weighted by Crippen LogP contribution is -2.29. The number of hydrogen-bond acceptors (Lipinski definition) is 4. The first-order valence-corrected chi connectivity index (χ1v) is 7.88. The average Bonchev–Trinajstić information content (AvgIpc) is 2.00. The summed E-state index contributed by atoms with van der Waals surface area (Å²) in [5.41, 5.74) is 0.328. The van der Waals surface area contributed by atoms with E-state index in [0.717, 1.165) is 0 Å². The van der Waals surface area contributed by atoms with Gasteiger partial charge in [0, 0.05) is 5.57 Å². The fraction of sp³-hybridized carbons (Fsp3) is 0.667. The maximum absolute atomic E-state index is 11.4. The summed E-state index contributed by atoms with van der Waals surface area (Å²) in [6.07, 6.45) is 0.298. The normalized spacial score (nSPS) is 15.1. The summed E-state index contributed by atoms with van der Waals surface area (Å²) in [5.74, 6) is -0.420. The van der Waals surface area contributed by atoms with Crippen LogP contribution in [0.15, 0.2) is 11.6 Å². The molecule has 5 heteroatoms. The van der Waals surface area contributed by atoms with Gasteiger partial charge in [-0.05, 0) is 32.6 Å². The second-order valence-corrected chi connectivity index (χ2v) is 8.53. The van der Waals surface area contributed by atoms with E-state index >= 15 is 0 Å². The molecule has 0 fully saturated rings. The van der Waals surface area contributed by atoms with Gasteiger partial charge in [-0.2, -0.15) is 0 Å². The van der Waals surface area contributed by atoms with E-state index in [4.69, 9.17) is 14.6 Å². The molecule has 0 heterocycles. The molecule has 0 aliphatic carbocycles. The van der Waals surface area contributed by atoms with Gasteiger partial charge in [0.1, 0.15) is 0 Å². The van der Waals surface area contributed by atoms with E-state index in [1.807, 2.05) is 19.6 Å². The molecule has 0 aromatic rings. The second kappa shape index (κ2) is 5.28. The highest BCUT2D eigenvalue weighted by Crippen LogP contribution is 2.08. The molecular formula is C9H18O4Si. The molecular weight excluding hydrogens is 200 g/mol. The molecule has 0 radical (unpaired) electrons. The monoisotopic (exact) mass is 218 g/mol. The maximum Gasteiger partial charge on any atom is 0.320 e. The average molecular weight is 218 g/mol. The van der Waals surface area contributed by atoms with Crippen LogP contribution in [0.25, 0.3) is 0 Å². The van der Waals surface area contributed by atoms with Crippen molar-refractivity contribution in [1.29, 1.82) is 0 Å². The molecule has 14 heavy (non-hydrogen) atoms. The van der Waals surface area contributed by atoms with Crippen molar-refractivity contribution in [3.63, 3.8) is 0 Å². The largest absolute Gasteiger partial charge is 0.517 e. The van der Waals surface area contributed by atoms with E-state index in [0.29, 0.717) is 5.57 Å². The van der Waals surface area contributed by atoms with Crippen LogP contribution in [0.3, 0.4) is 0 Å². The number of carbonyl (C=O) groups excluding carboxylic acids is 1. The third-order valence-corrected chi connectivity index (χ3v) is 2.15. The van der Waals surface area contributed by atoms with Crippen molar-refractivity contribution < 1.29 is 19.4 Å². The Bertz CT molecular complexity index is 229. The van der Waals surface area contributed by atoms with Gasteiger partial charge in [0.05, 0.1) is 12.7 Å². The third kappa shape index (κ3) is 5.90. The summed E-state index contributed by atoms with van der Waals surface area (Å²) in [5, 5.41) is 17.6. The molecule has 0 rings (SSSR count). The molecule has 0 bridgehead atoms. The fourth-order valence-corrected chi connectivity index (χ4v) is 1.49. The predicted octanol–water partition coefficient (Wildman–Crippen LogP) is 0.664. The highest BCUT2D eigenvalue weighted by atomic mass is 28.4. The fourth-order valence-electron chi connectivity index (χ4n) is 0.768. The molecule has 2 N–H and O–H groups in total. The minimum absolute atomic E-state index is 0.328. The van der Waals surface area contributed by atoms with Crippen LogP contribution in [0.4, 0.5) is 0 Å². The van der Waals surface area contributed by atoms with Gasteiger partial charge in [0.15, 0.2) is 0 Å². The van der Waals surface area contributed by atoms with Gasteiger partial charge in [0.25, 0.3) is 0 Å². The third-order valence-electron chi connectivity index (χ3n) is 1.35. The Balaban J connectivity index is 4.33. The second-order valence-electron chi connectivity index (χ2n) is 4.10. The summed E-state index contributed by atoms with van der Waals surface area (Å²) >= 11 is 0. The standard InChI is InChI=1S/C9H18O4Si/c1-7(5-8(11)6-10)9(12)13-14(2,3)4/h5,8,10-11H,6H2,1-4H3. The van der Waals surface area contributed by atoms with Crippen molar-refractivity contribution in [2.75, 3.05) is 6.61 Å². The predicted molar refractivity (Wildman–Crippen MR) is 56.3 cm³/mol. The topological polar surface area (TPSA) is 66.8 Å². The number of carbonyl (C=O) groups is 1. The minimum atomic E-state index is -1.88. The molecule has 0 aromatic heterocycles. The summed E-state index contributed by atoms with van der Waals surface area (Å²) in [4.78, 5) is 11.4. The lowest BCUT2D eigenvalue weighted by Gasteiger charge is -2.17. The molecule has 0 saturated heterocycles. The van der Waals surface area contributed by atoms with Gasteiger partial charge < -0.3 is 14.6 Å². The van der Waals surface area contributed by atoms with Crippen LogP contribution in [0, 0.1) is 0 Å². The molecule has 0 spiro atoms. The molecule has 1 atom stereocenters. The Labute approximate surface area is 85.3 Å². The zero-order valence-electron chi connectivity index (χ0n) is 9.07. The Hall–Kier alpha value is -0.653. The Morgan fingerprint density at radius 3 is 2.36 bits per heavy atom. The van der Waals surface area contributed by atoms with Crippen molar-refractivity contribution >= 4 is 14.3 Å². The Morgan fingerprint density at radius 2 is 2.00 bits per heavy atom. The van der Waals surface area contributed by atoms with E-state index in [2.05, 4.69) is 0 Å². The Morgan fingerprint density at radius 1 is 1.50 bits per heavy atom. The molecule has 0 aliphatic rings. The molecule has 0 aliphatic heterocycles. The van der Waals surface area contributed by atoms with Crippen LogP contribution in [-0.4, -0.2) is 37.2 Å². The van der Waals surface area contributed by atoms with E-state index in [1.165, 1.54) is 6.08 Å². The van der Waals surface area contributed by atoms with E-state index in [-0.39, 0.29) is 0 Å². The van der Waals surface area contributed by atoms with Crippen LogP contribution < -0.4 is 0 Å². The maximum atomic E-state index is 11.4. The van der Waals surface area contributed by atoms with Gasteiger partial charge in [-0.3, -0.25) is 0 Å². The summed E-state index contributed by atoms with van der Waals surface area (Å²) in [6, 6.07) is 0. The highest BCUT2D eigenvalue weighted by molar-refractivity contribution is 6.71. The first-order chi connectivity index (χ1) is 6.26. The lowest BCUT2D eigenvalue weighted by molar-refractivity contribution is -0.130. The molecule has 4 nitrogen and oxygen atoms in total. The van der Waals surface area contributed by atoms with Crippen molar-refractivity contribution in [1.82, 2.24) is 0 Å². The van der Waals surface area contributed by atoms with Crippen molar-refractivity contribution in [2.24, 2.45) is 0 Å². The van der Waals surface area contributed by atoms with E-state index in [9.17, 15) is 4.79 Å². The number of hydrogen-bond donors (Lipinski definition) is 2. The quantitative estimate of drug-likeness (QED) is 0.537. The van der Waals surface area contributed by atoms with Crippen molar-refractivity contribution in [2.45, 2.75) is 32.7 Å². The zero-order chi connectivity index (χ0) is 11.4. The minimum Gasteiger partial charge on any atom is -0.517 e. The van der Waals surface area contributed by atoms with Crippen molar-refractivity contribution in [3.05, 3.63) is 11.6 Å². The highest BCUT2D eigenvalue weighted by Gasteiger charge is 2.20. The number of aliphatic hydroxyl groups is 2. The van der Waals surface area contributed by atoms with Gasteiger partial charge in [-0.15, -0.1) is 0 Å². The van der Waals surface area contributed by atoms with Gasteiger partial charge >= 0.3 is 5.97 Å². The summed E-state index contributed by atoms with van der Waals surface area (Å²) in [7, 11) is -1.88. The number of aliphatic hydroxyl groups excluding tert-OH is 2. The first kappa shape index (κ1) is 13.3. The SMILES string of the molecule is CC(=CC(O)CO)C(=O)O[Si](C)(C)C. The molecule has 0 amide bonds. The van der Waals surface area contributed by atoms with Crippen molar-refractivity contribution in [3.8, 4) is 0 Å². The van der Waals surface area contributed by atoms with Crippen LogP contribution in [-0.2, 0) is 9.22 Å².